The van der Waals surface area contributed by atoms with E-state index in [2.05, 4.69) is 5.32 Å². The zero-order chi connectivity index (χ0) is 15.1. The van der Waals surface area contributed by atoms with Crippen LogP contribution >= 0.6 is 0 Å². The summed E-state index contributed by atoms with van der Waals surface area (Å²) < 4.78 is 19.0. The Bertz CT molecular complexity index is 473. The standard InChI is InChI=1S/C16H23FN2O2/c17-14-10-12(8-9-18)6-7-15(14)21-11-16(20)19-13-4-2-1-3-5-13/h6-7,10,13H,1-5,8-9,11,18H2,(H,19,20). The second-order valence-corrected chi connectivity index (χ2v) is 5.49. The van der Waals surface area contributed by atoms with Gasteiger partial charge in [-0.3, -0.25) is 4.79 Å². The van der Waals surface area contributed by atoms with Gasteiger partial charge in [0.15, 0.2) is 18.2 Å². The molecule has 0 aromatic heterocycles. The van der Waals surface area contributed by atoms with E-state index in [0.29, 0.717) is 13.0 Å². The quantitative estimate of drug-likeness (QED) is 0.845. The monoisotopic (exact) mass is 294 g/mol. The van der Waals surface area contributed by atoms with Gasteiger partial charge < -0.3 is 15.8 Å². The summed E-state index contributed by atoms with van der Waals surface area (Å²) in [7, 11) is 0. The number of nitrogens with one attached hydrogen (secondary N) is 1. The first-order chi connectivity index (χ1) is 10.2. The van der Waals surface area contributed by atoms with E-state index >= 15 is 0 Å². The first kappa shape index (κ1) is 15.8. The van der Waals surface area contributed by atoms with Crippen molar-refractivity contribution >= 4 is 5.91 Å². The number of benzene rings is 1. The van der Waals surface area contributed by atoms with Crippen molar-refractivity contribution in [3.63, 3.8) is 0 Å². The molecule has 0 aliphatic heterocycles. The van der Waals surface area contributed by atoms with Gasteiger partial charge in [-0.25, -0.2) is 4.39 Å². The summed E-state index contributed by atoms with van der Waals surface area (Å²) in [6.45, 7) is 0.326. The topological polar surface area (TPSA) is 64.3 Å². The fourth-order valence-corrected chi connectivity index (χ4v) is 2.64. The molecular formula is C16H23FN2O2. The molecule has 3 N–H and O–H groups in total. The molecule has 1 aliphatic carbocycles. The van der Waals surface area contributed by atoms with Gasteiger partial charge in [0, 0.05) is 6.04 Å². The van der Waals surface area contributed by atoms with Crippen LogP contribution in [0.1, 0.15) is 37.7 Å². The number of rotatable bonds is 6. The molecule has 1 aromatic carbocycles. The van der Waals surface area contributed by atoms with Crippen LogP contribution in [0.3, 0.4) is 0 Å². The van der Waals surface area contributed by atoms with Crippen LogP contribution in [0, 0.1) is 5.82 Å². The highest BCUT2D eigenvalue weighted by Gasteiger charge is 2.16. The van der Waals surface area contributed by atoms with Crippen molar-refractivity contribution in [1.29, 1.82) is 0 Å². The average Bonchev–Trinajstić information content (AvgIpc) is 2.48. The third-order valence-electron chi connectivity index (χ3n) is 3.76. The van der Waals surface area contributed by atoms with Gasteiger partial charge in [0.25, 0.3) is 5.91 Å². The lowest BCUT2D eigenvalue weighted by atomic mass is 9.95. The molecule has 21 heavy (non-hydrogen) atoms. The van der Waals surface area contributed by atoms with Crippen molar-refractivity contribution in [2.45, 2.75) is 44.6 Å². The molecule has 5 heteroatoms. The summed E-state index contributed by atoms with van der Waals surface area (Å²) >= 11 is 0. The highest BCUT2D eigenvalue weighted by atomic mass is 19.1. The van der Waals surface area contributed by atoms with E-state index in [4.69, 9.17) is 10.5 Å². The molecule has 2 rings (SSSR count). The number of hydrogen-bond acceptors (Lipinski definition) is 3. The Hall–Kier alpha value is -1.62. The van der Waals surface area contributed by atoms with Crippen molar-refractivity contribution in [2.24, 2.45) is 5.73 Å². The molecule has 0 bridgehead atoms. The highest BCUT2D eigenvalue weighted by Crippen LogP contribution is 2.19. The van der Waals surface area contributed by atoms with Crippen LogP contribution < -0.4 is 15.8 Å². The predicted molar refractivity (Wildman–Crippen MR) is 79.7 cm³/mol. The van der Waals surface area contributed by atoms with Crippen LogP contribution in [-0.4, -0.2) is 25.1 Å². The van der Waals surface area contributed by atoms with E-state index in [9.17, 15) is 9.18 Å². The second kappa shape index (κ2) is 7.98. The lowest BCUT2D eigenvalue weighted by Crippen LogP contribution is -2.39. The normalized spacial score (nSPS) is 15.7. The van der Waals surface area contributed by atoms with Gasteiger partial charge in [-0.05, 0) is 43.5 Å². The number of carbonyl (C=O) groups excluding carboxylic acids is 1. The fourth-order valence-electron chi connectivity index (χ4n) is 2.64. The van der Waals surface area contributed by atoms with Crippen LogP contribution in [0.5, 0.6) is 5.75 Å². The third-order valence-corrected chi connectivity index (χ3v) is 3.76. The van der Waals surface area contributed by atoms with Crippen LogP contribution in [-0.2, 0) is 11.2 Å². The number of nitrogens with two attached hydrogens (primary N) is 1. The zero-order valence-corrected chi connectivity index (χ0v) is 12.2. The first-order valence-corrected chi connectivity index (χ1v) is 7.59. The Kier molecular flexibility index (Phi) is 5.99. The predicted octanol–water partition coefficient (Wildman–Crippen LogP) is 2.15. The first-order valence-electron chi connectivity index (χ1n) is 7.59. The minimum absolute atomic E-state index is 0.106. The van der Waals surface area contributed by atoms with Gasteiger partial charge in [-0.1, -0.05) is 25.3 Å². The molecule has 0 radical (unpaired) electrons. The molecule has 0 saturated heterocycles. The van der Waals surface area contributed by atoms with E-state index in [1.807, 2.05) is 0 Å². The van der Waals surface area contributed by atoms with Gasteiger partial charge >= 0.3 is 0 Å². The van der Waals surface area contributed by atoms with Crippen molar-refractivity contribution in [3.05, 3.63) is 29.6 Å². The highest BCUT2D eigenvalue weighted by molar-refractivity contribution is 5.77. The summed E-state index contributed by atoms with van der Waals surface area (Å²) in [6.07, 6.45) is 6.22. The van der Waals surface area contributed by atoms with Crippen molar-refractivity contribution in [2.75, 3.05) is 13.2 Å². The minimum atomic E-state index is -0.452. The molecule has 0 heterocycles. The largest absolute Gasteiger partial charge is 0.481 e. The lowest BCUT2D eigenvalue weighted by Gasteiger charge is -2.22. The van der Waals surface area contributed by atoms with Gasteiger partial charge in [-0.15, -0.1) is 0 Å². The molecule has 4 nitrogen and oxygen atoms in total. The van der Waals surface area contributed by atoms with E-state index in [-0.39, 0.29) is 24.3 Å². The summed E-state index contributed by atoms with van der Waals surface area (Å²) in [6, 6.07) is 4.96. The Balaban J connectivity index is 1.80. The maximum atomic E-state index is 13.8. The summed E-state index contributed by atoms with van der Waals surface area (Å²) in [4.78, 5) is 11.8. The van der Waals surface area contributed by atoms with Crippen LogP contribution in [0.15, 0.2) is 18.2 Å². The van der Waals surface area contributed by atoms with Crippen LogP contribution in [0.4, 0.5) is 4.39 Å². The number of carbonyl (C=O) groups is 1. The number of hydrogen-bond donors (Lipinski definition) is 2. The van der Waals surface area contributed by atoms with Crippen LogP contribution in [0.25, 0.3) is 0 Å². The zero-order valence-electron chi connectivity index (χ0n) is 12.2. The number of amides is 1. The minimum Gasteiger partial charge on any atom is -0.481 e. The second-order valence-electron chi connectivity index (χ2n) is 5.49. The Morgan fingerprint density at radius 2 is 2.10 bits per heavy atom. The third kappa shape index (κ3) is 5.01. The van der Waals surface area contributed by atoms with E-state index < -0.39 is 5.82 Å². The maximum Gasteiger partial charge on any atom is 0.258 e. The molecule has 1 fully saturated rings. The van der Waals surface area contributed by atoms with Crippen molar-refractivity contribution in [1.82, 2.24) is 5.32 Å². The maximum absolute atomic E-state index is 13.8. The Labute approximate surface area is 124 Å². The van der Waals surface area contributed by atoms with Crippen LogP contribution in [0.2, 0.25) is 0 Å². The van der Waals surface area contributed by atoms with Crippen molar-refractivity contribution in [3.8, 4) is 5.75 Å². The average molecular weight is 294 g/mol. The number of halogens is 1. The molecule has 1 aromatic rings. The van der Waals surface area contributed by atoms with E-state index in [1.54, 1.807) is 12.1 Å². The summed E-state index contributed by atoms with van der Waals surface area (Å²) in [5, 5.41) is 2.94. The van der Waals surface area contributed by atoms with Gasteiger partial charge in [-0.2, -0.15) is 0 Å². The summed E-state index contributed by atoms with van der Waals surface area (Å²) in [5.74, 6) is -0.534. The molecule has 0 unspecified atom stereocenters. The fraction of sp³-hybridized carbons (Fsp3) is 0.562. The summed E-state index contributed by atoms with van der Waals surface area (Å²) in [5.41, 5.74) is 6.26. The van der Waals surface area contributed by atoms with Gasteiger partial charge in [0.2, 0.25) is 0 Å². The van der Waals surface area contributed by atoms with E-state index in [1.165, 1.54) is 12.5 Å². The molecule has 1 amide bonds. The molecule has 116 valence electrons. The van der Waals surface area contributed by atoms with Crippen molar-refractivity contribution < 1.29 is 13.9 Å². The number of ether oxygens (including phenoxy) is 1. The SMILES string of the molecule is NCCc1ccc(OCC(=O)NC2CCCCC2)c(F)c1. The molecule has 0 atom stereocenters. The molecule has 1 saturated carbocycles. The molecule has 1 aliphatic rings. The van der Waals surface area contributed by atoms with Gasteiger partial charge in [0.1, 0.15) is 0 Å². The molecular weight excluding hydrogens is 271 g/mol. The smallest absolute Gasteiger partial charge is 0.258 e. The van der Waals surface area contributed by atoms with Gasteiger partial charge in [0.05, 0.1) is 0 Å². The Morgan fingerprint density at radius 3 is 2.76 bits per heavy atom. The lowest BCUT2D eigenvalue weighted by molar-refractivity contribution is -0.124. The Morgan fingerprint density at radius 1 is 1.33 bits per heavy atom. The molecule has 0 spiro atoms. The van der Waals surface area contributed by atoms with E-state index in [0.717, 1.165) is 31.2 Å².